The maximum Gasteiger partial charge on any atom is 0.188 e. The molecule has 39 heavy (non-hydrogen) atoms. The third kappa shape index (κ3) is 3.31. The molecule has 180 valence electrons. The normalized spacial score (nSPS) is 11.6. The summed E-state index contributed by atoms with van der Waals surface area (Å²) in [7, 11) is 0. The molecule has 0 N–H and O–H groups in total. The molecule has 0 unspecified atom stereocenters. The first kappa shape index (κ1) is 21.5. The Morgan fingerprint density at radius 2 is 1.38 bits per heavy atom. The Labute approximate surface area is 223 Å². The summed E-state index contributed by atoms with van der Waals surface area (Å²) >= 11 is 0. The summed E-state index contributed by atoms with van der Waals surface area (Å²) < 4.78 is 6.01. The maximum atomic E-state index is 7.37. The zero-order valence-electron chi connectivity index (χ0n) is 20.7. The molecule has 0 aliphatic rings. The third-order valence-corrected chi connectivity index (χ3v) is 7.51. The van der Waals surface area contributed by atoms with Crippen molar-refractivity contribution in [1.29, 1.82) is 0 Å². The van der Waals surface area contributed by atoms with Gasteiger partial charge in [0.15, 0.2) is 5.69 Å². The van der Waals surface area contributed by atoms with Gasteiger partial charge >= 0.3 is 0 Å². The molecule has 0 aliphatic carbocycles. The van der Waals surface area contributed by atoms with E-state index in [4.69, 9.17) is 21.0 Å². The van der Waals surface area contributed by atoms with Crippen LogP contribution >= 0.6 is 0 Å². The smallest absolute Gasteiger partial charge is 0.188 e. The van der Waals surface area contributed by atoms with Crippen LogP contribution in [-0.2, 0) is 0 Å². The molecular weight excluding hydrogens is 478 g/mol. The Kier molecular flexibility index (Phi) is 4.55. The molecule has 0 spiro atoms. The average Bonchev–Trinajstić information content (AvgIpc) is 3.37. The van der Waals surface area contributed by atoms with E-state index in [2.05, 4.69) is 77.6 Å². The van der Waals surface area contributed by atoms with E-state index in [-0.39, 0.29) is 0 Å². The van der Waals surface area contributed by atoms with Crippen LogP contribution in [0.15, 0.2) is 120 Å². The summed E-state index contributed by atoms with van der Waals surface area (Å²) in [5, 5.41) is 6.43. The number of aromatic nitrogens is 2. The van der Waals surface area contributed by atoms with Crippen LogP contribution in [0.5, 0.6) is 0 Å². The van der Waals surface area contributed by atoms with Gasteiger partial charge in [-0.3, -0.25) is 4.98 Å². The highest BCUT2D eigenvalue weighted by molar-refractivity contribution is 6.21. The van der Waals surface area contributed by atoms with E-state index < -0.39 is 0 Å². The zero-order valence-corrected chi connectivity index (χ0v) is 20.7. The van der Waals surface area contributed by atoms with E-state index in [1.54, 1.807) is 6.07 Å². The monoisotopic (exact) mass is 497 g/mol. The van der Waals surface area contributed by atoms with Gasteiger partial charge in [0.05, 0.1) is 23.3 Å². The summed E-state index contributed by atoms with van der Waals surface area (Å²) in [5.41, 5.74) is 8.38. The summed E-state index contributed by atoms with van der Waals surface area (Å²) in [5.74, 6) is 0. The van der Waals surface area contributed by atoms with E-state index >= 15 is 0 Å². The molecule has 4 nitrogen and oxygen atoms in total. The van der Waals surface area contributed by atoms with Gasteiger partial charge in [-0.05, 0) is 47.5 Å². The highest BCUT2D eigenvalue weighted by atomic mass is 16.3. The minimum absolute atomic E-state index is 0.609. The first-order valence-corrected chi connectivity index (χ1v) is 12.8. The Morgan fingerprint density at radius 1 is 0.615 bits per heavy atom. The summed E-state index contributed by atoms with van der Waals surface area (Å²) in [6.07, 6.45) is 1.86. The van der Waals surface area contributed by atoms with E-state index in [0.717, 1.165) is 76.9 Å². The minimum atomic E-state index is 0.609. The number of hydrogen-bond acceptors (Lipinski definition) is 3. The van der Waals surface area contributed by atoms with Gasteiger partial charge in [0.2, 0.25) is 0 Å². The molecule has 0 saturated carbocycles. The Hall–Kier alpha value is -5.53. The zero-order chi connectivity index (χ0) is 25.9. The largest absolute Gasteiger partial charge is 0.456 e. The summed E-state index contributed by atoms with van der Waals surface area (Å²) in [6.45, 7) is 7.37. The van der Waals surface area contributed by atoms with E-state index in [1.165, 1.54) is 0 Å². The second-order valence-corrected chi connectivity index (χ2v) is 9.72. The van der Waals surface area contributed by atoms with E-state index in [0.29, 0.717) is 5.69 Å². The third-order valence-electron chi connectivity index (χ3n) is 7.51. The standard InChI is InChI=1S/C35H19N3O/c1-36-25-14-17-32-29(20-25)28-19-24(13-16-31(28)39-32)21-8-10-23(11-9-21)34-27-15-12-22-5-4-18-37-35(22)33(27)26-6-2-3-7-30(26)38-34/h2-20H. The molecule has 0 saturated heterocycles. The van der Waals surface area contributed by atoms with Crippen molar-refractivity contribution in [3.63, 3.8) is 0 Å². The summed E-state index contributed by atoms with van der Waals surface area (Å²) in [4.78, 5) is 13.4. The van der Waals surface area contributed by atoms with Gasteiger partial charge in [-0.2, -0.15) is 0 Å². The topological polar surface area (TPSA) is 43.3 Å². The highest BCUT2D eigenvalue weighted by Gasteiger charge is 2.14. The Morgan fingerprint density at radius 3 is 2.26 bits per heavy atom. The number of benzene rings is 5. The number of pyridine rings is 2. The first-order chi connectivity index (χ1) is 19.3. The van der Waals surface area contributed by atoms with Gasteiger partial charge < -0.3 is 4.42 Å². The second kappa shape index (κ2) is 8.24. The molecular formula is C35H19N3O. The predicted molar refractivity (Wildman–Crippen MR) is 159 cm³/mol. The second-order valence-electron chi connectivity index (χ2n) is 9.72. The van der Waals surface area contributed by atoms with Gasteiger partial charge in [-0.15, -0.1) is 0 Å². The van der Waals surface area contributed by atoms with Crippen LogP contribution in [0.4, 0.5) is 5.69 Å². The lowest BCUT2D eigenvalue weighted by molar-refractivity contribution is 0.669. The number of para-hydroxylation sites is 1. The maximum absolute atomic E-state index is 7.37. The molecule has 0 atom stereocenters. The average molecular weight is 498 g/mol. The van der Waals surface area contributed by atoms with Crippen LogP contribution in [0.2, 0.25) is 0 Å². The van der Waals surface area contributed by atoms with Crippen molar-refractivity contribution in [2.45, 2.75) is 0 Å². The lowest BCUT2D eigenvalue weighted by atomic mass is 9.96. The molecule has 0 amide bonds. The van der Waals surface area contributed by atoms with Crippen molar-refractivity contribution >= 4 is 60.2 Å². The molecule has 8 rings (SSSR count). The van der Waals surface area contributed by atoms with Crippen molar-refractivity contribution in [2.24, 2.45) is 0 Å². The predicted octanol–water partition coefficient (Wildman–Crippen LogP) is 9.72. The van der Waals surface area contributed by atoms with E-state index in [9.17, 15) is 0 Å². The number of rotatable bonds is 2. The lowest BCUT2D eigenvalue weighted by Gasteiger charge is -2.12. The molecule has 0 radical (unpaired) electrons. The Bertz CT molecular complexity index is 2270. The van der Waals surface area contributed by atoms with Crippen LogP contribution in [0.25, 0.3) is 81.7 Å². The van der Waals surface area contributed by atoms with Crippen LogP contribution in [0, 0.1) is 6.57 Å². The van der Waals surface area contributed by atoms with Gasteiger partial charge in [-0.1, -0.05) is 72.8 Å². The molecule has 0 bridgehead atoms. The first-order valence-electron chi connectivity index (χ1n) is 12.8. The molecule has 5 aromatic carbocycles. The fourth-order valence-electron chi connectivity index (χ4n) is 5.63. The fourth-order valence-corrected chi connectivity index (χ4v) is 5.63. The van der Waals surface area contributed by atoms with Gasteiger partial charge in [0, 0.05) is 44.1 Å². The molecule has 4 heteroatoms. The highest BCUT2D eigenvalue weighted by Crippen LogP contribution is 2.38. The molecule has 3 aromatic heterocycles. The van der Waals surface area contributed by atoms with Crippen molar-refractivity contribution < 1.29 is 4.42 Å². The van der Waals surface area contributed by atoms with Crippen LogP contribution < -0.4 is 0 Å². The molecule has 3 heterocycles. The SMILES string of the molecule is [C-]#[N+]c1ccc2oc3ccc(-c4ccc(-c5nc6ccccc6c6c5ccc5cccnc56)cc4)cc3c2c1. The lowest BCUT2D eigenvalue weighted by Crippen LogP contribution is -1.92. The van der Waals surface area contributed by atoms with Crippen molar-refractivity contribution in [2.75, 3.05) is 0 Å². The van der Waals surface area contributed by atoms with Crippen LogP contribution in [0.1, 0.15) is 0 Å². The number of furan rings is 1. The van der Waals surface area contributed by atoms with Crippen molar-refractivity contribution in [3.05, 3.63) is 127 Å². The Balaban J connectivity index is 1.29. The fraction of sp³-hybridized carbons (Fsp3) is 0. The van der Waals surface area contributed by atoms with Crippen LogP contribution in [-0.4, -0.2) is 9.97 Å². The van der Waals surface area contributed by atoms with Crippen molar-refractivity contribution in [1.82, 2.24) is 9.97 Å². The van der Waals surface area contributed by atoms with Gasteiger partial charge in [-0.25, -0.2) is 9.83 Å². The quantitative estimate of drug-likeness (QED) is 0.176. The van der Waals surface area contributed by atoms with Gasteiger partial charge in [0.1, 0.15) is 11.2 Å². The molecule has 8 aromatic rings. The molecule has 0 fully saturated rings. The minimum Gasteiger partial charge on any atom is -0.456 e. The molecule has 0 aliphatic heterocycles. The summed E-state index contributed by atoms with van der Waals surface area (Å²) in [6, 6.07) is 37.0. The number of hydrogen-bond donors (Lipinski definition) is 0. The van der Waals surface area contributed by atoms with E-state index in [1.807, 2.05) is 36.5 Å². The number of nitrogens with zero attached hydrogens (tertiary/aromatic N) is 3. The van der Waals surface area contributed by atoms with Gasteiger partial charge in [0.25, 0.3) is 0 Å². The van der Waals surface area contributed by atoms with Crippen LogP contribution in [0.3, 0.4) is 0 Å². The van der Waals surface area contributed by atoms with Crippen molar-refractivity contribution in [3.8, 4) is 22.4 Å². The number of fused-ring (bicyclic) bond motifs is 8.